The molecule has 0 aliphatic heterocycles. The van der Waals surface area contributed by atoms with Crippen molar-refractivity contribution in [2.75, 3.05) is 4.72 Å². The minimum Gasteiger partial charge on any atom is -0.281 e. The van der Waals surface area contributed by atoms with Gasteiger partial charge < -0.3 is 0 Å². The van der Waals surface area contributed by atoms with Crippen molar-refractivity contribution >= 4 is 44.4 Å². The quantitative estimate of drug-likeness (QED) is 0.653. The minimum absolute atomic E-state index is 0.0143. The Morgan fingerprint density at radius 2 is 2.06 bits per heavy atom. The van der Waals surface area contributed by atoms with Gasteiger partial charge in [0.25, 0.3) is 0 Å². The highest BCUT2D eigenvalue weighted by Gasteiger charge is 2.09. The monoisotopic (exact) mass is 283 g/mol. The number of nitrogens with one attached hydrogen (secondary N) is 1. The molecule has 1 aromatic carbocycles. The van der Waals surface area contributed by atoms with Crippen LogP contribution < -0.4 is 4.72 Å². The van der Waals surface area contributed by atoms with Crippen LogP contribution in [0.25, 0.3) is 0 Å². The van der Waals surface area contributed by atoms with Gasteiger partial charge in [-0.15, -0.1) is 0 Å². The Labute approximate surface area is 102 Å². The van der Waals surface area contributed by atoms with Gasteiger partial charge in [-0.25, -0.2) is 0 Å². The average molecular weight is 284 g/mol. The molecule has 0 aliphatic carbocycles. The highest BCUT2D eigenvalue weighted by molar-refractivity contribution is 7.87. The second-order valence-electron chi connectivity index (χ2n) is 2.92. The van der Waals surface area contributed by atoms with Gasteiger partial charge in [0.1, 0.15) is 0 Å². The number of anilines is 1. The lowest BCUT2D eigenvalue weighted by Crippen LogP contribution is -2.11. The first-order valence-corrected chi connectivity index (χ1v) is 6.19. The van der Waals surface area contributed by atoms with Gasteiger partial charge >= 0.3 is 10.3 Å². The van der Waals surface area contributed by atoms with Gasteiger partial charge in [-0.2, -0.15) is 8.42 Å². The van der Waals surface area contributed by atoms with E-state index in [0.29, 0.717) is 5.56 Å². The zero-order valence-electron chi connectivity index (χ0n) is 7.78. The summed E-state index contributed by atoms with van der Waals surface area (Å²) in [5, 5.41) is -0.483. The number of rotatable bonds is 4. The lowest BCUT2D eigenvalue weighted by Gasteiger charge is -2.06. The molecule has 0 aliphatic rings. The van der Waals surface area contributed by atoms with Gasteiger partial charge in [0.05, 0.1) is 10.7 Å². The Bertz CT molecular complexity index is 515. The molecule has 5 nitrogen and oxygen atoms in total. The van der Waals surface area contributed by atoms with E-state index in [1.54, 1.807) is 4.72 Å². The zero-order chi connectivity index (χ0) is 12.3. The lowest BCUT2D eigenvalue weighted by molar-refractivity contribution is -0.111. The third kappa shape index (κ3) is 4.36. The molecule has 0 bridgehead atoms. The molecular formula is C8H7Cl2NO4S. The Morgan fingerprint density at radius 3 is 2.56 bits per heavy atom. The van der Waals surface area contributed by atoms with E-state index in [2.05, 4.69) is 0 Å². The van der Waals surface area contributed by atoms with Crippen LogP contribution in [0.5, 0.6) is 0 Å². The second-order valence-corrected chi connectivity index (χ2v) is 4.91. The maximum absolute atomic E-state index is 10.6. The fraction of sp³-hybridized carbons (Fsp3) is 0.125. The smallest absolute Gasteiger partial charge is 0.281 e. The summed E-state index contributed by atoms with van der Waals surface area (Å²) in [7, 11) is -4.40. The molecule has 8 heteroatoms. The number of carbonyl (C=O) groups is 1. The summed E-state index contributed by atoms with van der Waals surface area (Å²) < 4.78 is 31.5. The van der Waals surface area contributed by atoms with E-state index >= 15 is 0 Å². The summed E-state index contributed by atoms with van der Waals surface area (Å²) in [6.07, 6.45) is -0.0567. The van der Waals surface area contributed by atoms with Gasteiger partial charge in [-0.3, -0.25) is 14.1 Å². The number of carbonyl (C=O) groups excluding carboxylic acids is 1. The van der Waals surface area contributed by atoms with Gasteiger partial charge in [-0.1, -0.05) is 17.7 Å². The summed E-state index contributed by atoms with van der Waals surface area (Å²) >= 11 is 10.9. The van der Waals surface area contributed by atoms with Crippen LogP contribution in [0, 0.1) is 0 Å². The van der Waals surface area contributed by atoms with Crippen LogP contribution in [0.15, 0.2) is 18.2 Å². The first-order chi connectivity index (χ1) is 7.28. The SMILES string of the molecule is O=C(Cl)Cc1ccc(Cl)c(NS(=O)(=O)O)c1. The largest absolute Gasteiger partial charge is 0.357 e. The molecule has 0 aromatic heterocycles. The molecule has 0 radical (unpaired) electrons. The molecule has 0 fully saturated rings. The molecule has 1 aromatic rings. The third-order valence-corrected chi connectivity index (χ3v) is 2.55. The highest BCUT2D eigenvalue weighted by Crippen LogP contribution is 2.24. The molecule has 0 saturated carbocycles. The summed E-state index contributed by atoms with van der Waals surface area (Å²) in [4.78, 5) is 10.6. The van der Waals surface area contributed by atoms with Crippen LogP contribution in [0.2, 0.25) is 5.02 Å². The van der Waals surface area contributed by atoms with Gasteiger partial charge in [-0.05, 0) is 29.3 Å². The molecule has 0 heterocycles. The molecular weight excluding hydrogens is 277 g/mol. The summed E-state index contributed by atoms with van der Waals surface area (Å²) in [6, 6.07) is 4.23. The maximum atomic E-state index is 10.6. The molecule has 0 atom stereocenters. The van der Waals surface area contributed by atoms with E-state index in [-0.39, 0.29) is 17.1 Å². The summed E-state index contributed by atoms with van der Waals surface area (Å²) in [5.41, 5.74) is 0.468. The van der Waals surface area contributed by atoms with Crippen molar-refractivity contribution in [1.82, 2.24) is 0 Å². The molecule has 0 amide bonds. The van der Waals surface area contributed by atoms with Gasteiger partial charge in [0.15, 0.2) is 0 Å². The first kappa shape index (κ1) is 13.2. The Morgan fingerprint density at radius 1 is 1.44 bits per heavy atom. The Kier molecular flexibility index (Phi) is 4.15. The van der Waals surface area contributed by atoms with Crippen molar-refractivity contribution in [3.63, 3.8) is 0 Å². The molecule has 2 N–H and O–H groups in total. The second kappa shape index (κ2) is 5.01. The topological polar surface area (TPSA) is 83.5 Å². The van der Waals surface area contributed by atoms with Gasteiger partial charge in [0, 0.05) is 6.42 Å². The molecule has 1 rings (SSSR count). The van der Waals surface area contributed by atoms with Crippen molar-refractivity contribution in [2.24, 2.45) is 0 Å². The lowest BCUT2D eigenvalue weighted by atomic mass is 10.1. The molecule has 0 spiro atoms. The van der Waals surface area contributed by atoms with Crippen LogP contribution in [0.4, 0.5) is 5.69 Å². The van der Waals surface area contributed by atoms with Crippen molar-refractivity contribution in [2.45, 2.75) is 6.42 Å². The van der Waals surface area contributed by atoms with Crippen molar-refractivity contribution in [1.29, 1.82) is 0 Å². The minimum atomic E-state index is -4.40. The fourth-order valence-electron chi connectivity index (χ4n) is 1.06. The van der Waals surface area contributed by atoms with Gasteiger partial charge in [0.2, 0.25) is 5.24 Å². The fourth-order valence-corrected chi connectivity index (χ4v) is 1.88. The third-order valence-electron chi connectivity index (χ3n) is 1.61. The maximum Gasteiger partial charge on any atom is 0.357 e. The highest BCUT2D eigenvalue weighted by atomic mass is 35.5. The predicted molar refractivity (Wildman–Crippen MR) is 61.2 cm³/mol. The van der Waals surface area contributed by atoms with Crippen molar-refractivity contribution < 1.29 is 17.8 Å². The standard InChI is InChI=1S/C8H7Cl2NO4S/c9-6-2-1-5(4-8(10)12)3-7(6)11-16(13,14)15/h1-3,11H,4H2,(H,13,14,15). The Hall–Kier alpha value is -0.820. The summed E-state index contributed by atoms with van der Waals surface area (Å²) in [6.45, 7) is 0. The van der Waals surface area contributed by atoms with E-state index in [1.807, 2.05) is 0 Å². The molecule has 0 unspecified atom stereocenters. The van der Waals surface area contributed by atoms with Crippen LogP contribution in [0.1, 0.15) is 5.56 Å². The number of halogens is 2. The Balaban J connectivity index is 3.04. The van der Waals surface area contributed by atoms with Crippen LogP contribution >= 0.6 is 23.2 Å². The van der Waals surface area contributed by atoms with Crippen LogP contribution in [0.3, 0.4) is 0 Å². The molecule has 0 saturated heterocycles. The van der Waals surface area contributed by atoms with Crippen LogP contribution in [-0.2, 0) is 21.5 Å². The van der Waals surface area contributed by atoms with E-state index in [4.69, 9.17) is 27.8 Å². The van der Waals surface area contributed by atoms with Crippen LogP contribution in [-0.4, -0.2) is 18.2 Å². The number of hydrogen-bond acceptors (Lipinski definition) is 3. The predicted octanol–water partition coefficient (Wildman–Crippen LogP) is 1.86. The van der Waals surface area contributed by atoms with Crippen molar-refractivity contribution in [3.05, 3.63) is 28.8 Å². The van der Waals surface area contributed by atoms with E-state index in [0.717, 1.165) is 0 Å². The average Bonchev–Trinajstić information content (AvgIpc) is 2.07. The normalized spacial score (nSPS) is 11.2. The molecule has 16 heavy (non-hydrogen) atoms. The first-order valence-electron chi connectivity index (χ1n) is 4.00. The van der Waals surface area contributed by atoms with E-state index < -0.39 is 15.5 Å². The molecule has 88 valence electrons. The van der Waals surface area contributed by atoms with E-state index in [9.17, 15) is 13.2 Å². The van der Waals surface area contributed by atoms with E-state index in [1.165, 1.54) is 18.2 Å². The van der Waals surface area contributed by atoms with Crippen molar-refractivity contribution in [3.8, 4) is 0 Å². The number of hydrogen-bond donors (Lipinski definition) is 2. The summed E-state index contributed by atoms with van der Waals surface area (Å²) in [5.74, 6) is 0. The zero-order valence-corrected chi connectivity index (χ0v) is 10.1. The number of benzene rings is 1.